The number of halogens is 2. The molecule has 0 saturated carbocycles. The quantitative estimate of drug-likeness (QED) is 0.241. The van der Waals surface area contributed by atoms with Crippen LogP contribution in [-0.2, 0) is 11.3 Å². The second kappa shape index (κ2) is 14.3. The topological polar surface area (TPSA) is 103 Å². The summed E-state index contributed by atoms with van der Waals surface area (Å²) in [5.74, 6) is -2.41. The van der Waals surface area contributed by atoms with Gasteiger partial charge < -0.3 is 25.2 Å². The summed E-state index contributed by atoms with van der Waals surface area (Å²) in [6.45, 7) is 6.99. The van der Waals surface area contributed by atoms with Crippen molar-refractivity contribution in [3.05, 3.63) is 89.5 Å². The maximum atomic E-state index is 13.7. The molecule has 3 N–H and O–H groups in total. The Hall–Kier alpha value is -4.51. The summed E-state index contributed by atoms with van der Waals surface area (Å²) < 4.78 is 32.5. The van der Waals surface area contributed by atoms with Gasteiger partial charge in [0.15, 0.2) is 11.6 Å². The molecule has 1 unspecified atom stereocenters. The van der Waals surface area contributed by atoms with Gasteiger partial charge >= 0.3 is 12.1 Å². The number of hydrogen-bond donors (Lipinski definition) is 3. The first-order valence-corrected chi connectivity index (χ1v) is 14.6. The van der Waals surface area contributed by atoms with Crippen molar-refractivity contribution in [2.24, 2.45) is 0 Å². The molecule has 44 heavy (non-hydrogen) atoms. The van der Waals surface area contributed by atoms with Gasteiger partial charge in [-0.25, -0.2) is 18.4 Å². The maximum Gasteiger partial charge on any atom is 0.412 e. The van der Waals surface area contributed by atoms with E-state index < -0.39 is 29.4 Å². The molecule has 4 amide bonds. The predicted octanol–water partition coefficient (Wildman–Crippen LogP) is 7.08. The molecule has 1 aliphatic rings. The second-order valence-corrected chi connectivity index (χ2v) is 11.9. The Kier molecular flexibility index (Phi) is 10.5. The fourth-order valence-corrected chi connectivity index (χ4v) is 4.97. The molecule has 1 atom stereocenters. The van der Waals surface area contributed by atoms with Crippen LogP contribution in [0.3, 0.4) is 0 Å². The van der Waals surface area contributed by atoms with Gasteiger partial charge in [0.2, 0.25) is 0 Å². The molecule has 1 heterocycles. The predicted molar refractivity (Wildman–Crippen MR) is 167 cm³/mol. The molecule has 4 rings (SSSR count). The third-order valence-corrected chi connectivity index (χ3v) is 7.26. The lowest BCUT2D eigenvalue weighted by Gasteiger charge is -2.27. The number of nitrogens with one attached hydrogen (secondary N) is 3. The molecule has 9 nitrogen and oxygen atoms in total. The summed E-state index contributed by atoms with van der Waals surface area (Å²) in [6, 6.07) is 16.8. The van der Waals surface area contributed by atoms with Gasteiger partial charge in [-0.05, 0) is 95.6 Å². The van der Waals surface area contributed by atoms with Gasteiger partial charge in [0, 0.05) is 36.4 Å². The molecule has 0 bridgehead atoms. The van der Waals surface area contributed by atoms with Crippen LogP contribution in [0.25, 0.3) is 0 Å². The first-order chi connectivity index (χ1) is 20.9. The summed E-state index contributed by atoms with van der Waals surface area (Å²) >= 11 is 0. The summed E-state index contributed by atoms with van der Waals surface area (Å²) in [5, 5.41) is 8.15. The number of urea groups is 1. The first kappa shape index (κ1) is 32.4. The van der Waals surface area contributed by atoms with Crippen molar-refractivity contribution in [2.75, 3.05) is 36.1 Å². The van der Waals surface area contributed by atoms with Crippen LogP contribution in [0, 0.1) is 11.6 Å². The third-order valence-electron chi connectivity index (χ3n) is 7.26. The minimum absolute atomic E-state index is 0.158. The second-order valence-electron chi connectivity index (χ2n) is 11.9. The number of likely N-dealkylation sites (tertiary alicyclic amines) is 1. The van der Waals surface area contributed by atoms with Gasteiger partial charge in [-0.1, -0.05) is 24.3 Å². The molecule has 0 aliphatic carbocycles. The van der Waals surface area contributed by atoms with Crippen LogP contribution in [-0.4, -0.2) is 59.6 Å². The molecule has 0 aromatic heterocycles. The number of anilines is 3. The number of hydrogen-bond acceptors (Lipinski definition) is 5. The zero-order valence-electron chi connectivity index (χ0n) is 25.5. The maximum absolute atomic E-state index is 13.7. The van der Waals surface area contributed by atoms with E-state index in [9.17, 15) is 23.2 Å². The number of carbonyl (C=O) groups excluding carboxylic acids is 3. The van der Waals surface area contributed by atoms with Gasteiger partial charge in [0.1, 0.15) is 5.60 Å². The molecule has 3 aromatic rings. The lowest BCUT2D eigenvalue weighted by Crippen LogP contribution is -2.38. The number of rotatable bonds is 9. The monoisotopic (exact) mass is 607 g/mol. The zero-order chi connectivity index (χ0) is 31.9. The fourth-order valence-electron chi connectivity index (χ4n) is 4.97. The fraction of sp³-hybridized carbons (Fsp3) is 0.364. The van der Waals surface area contributed by atoms with Gasteiger partial charge in [-0.2, -0.15) is 0 Å². The van der Waals surface area contributed by atoms with Crippen LogP contribution in [0.5, 0.6) is 0 Å². The average Bonchev–Trinajstić information content (AvgIpc) is 3.37. The molecule has 1 aliphatic heterocycles. The smallest absolute Gasteiger partial charge is 0.412 e. The van der Waals surface area contributed by atoms with Crippen molar-refractivity contribution in [2.45, 2.75) is 58.2 Å². The average molecular weight is 608 g/mol. The number of nitrogens with zero attached hydrogens (tertiary/aromatic N) is 2. The minimum Gasteiger partial charge on any atom is -0.444 e. The molecular formula is C33H39F2N5O4. The number of benzene rings is 3. The van der Waals surface area contributed by atoms with Crippen LogP contribution in [0.15, 0.2) is 66.7 Å². The molecule has 3 aromatic carbocycles. The van der Waals surface area contributed by atoms with Crippen molar-refractivity contribution in [1.29, 1.82) is 0 Å². The number of ether oxygens (including phenoxy) is 1. The Balaban J connectivity index is 1.43. The zero-order valence-corrected chi connectivity index (χ0v) is 25.5. The molecule has 0 radical (unpaired) electrons. The largest absolute Gasteiger partial charge is 0.444 e. The van der Waals surface area contributed by atoms with Crippen LogP contribution in [0.2, 0.25) is 0 Å². The molecule has 234 valence electrons. The van der Waals surface area contributed by atoms with Gasteiger partial charge in [0.25, 0.3) is 5.91 Å². The third kappa shape index (κ3) is 9.24. The lowest BCUT2D eigenvalue weighted by atomic mass is 10.1. The van der Waals surface area contributed by atoms with Gasteiger partial charge in [-0.15, -0.1) is 0 Å². The highest BCUT2D eigenvalue weighted by atomic mass is 19.2. The van der Waals surface area contributed by atoms with E-state index in [2.05, 4.69) is 27.9 Å². The van der Waals surface area contributed by atoms with E-state index in [0.29, 0.717) is 29.5 Å². The number of amides is 4. The summed E-state index contributed by atoms with van der Waals surface area (Å²) in [5.41, 5.74) is 1.45. The summed E-state index contributed by atoms with van der Waals surface area (Å²) in [6.07, 6.45) is 2.28. The molecule has 1 fully saturated rings. The Morgan fingerprint density at radius 2 is 1.61 bits per heavy atom. The SMILES string of the molecule is CN1CCCC1CCN(Cc1ccc(C(=O)Nc2ccccc2NC(=O)OC(C)(C)C)cc1)C(=O)Nc1ccc(F)c(F)c1. The molecule has 11 heteroatoms. The van der Waals surface area contributed by atoms with Crippen LogP contribution in [0.1, 0.15) is 56.0 Å². The van der Waals surface area contributed by atoms with Crippen molar-refractivity contribution in [3.8, 4) is 0 Å². The van der Waals surface area contributed by atoms with Crippen LogP contribution < -0.4 is 16.0 Å². The van der Waals surface area contributed by atoms with E-state index in [1.807, 2.05) is 0 Å². The normalized spacial score (nSPS) is 15.0. The first-order valence-electron chi connectivity index (χ1n) is 14.6. The highest BCUT2D eigenvalue weighted by Crippen LogP contribution is 2.24. The van der Waals surface area contributed by atoms with E-state index in [0.717, 1.165) is 43.5 Å². The van der Waals surface area contributed by atoms with E-state index in [4.69, 9.17) is 4.74 Å². The van der Waals surface area contributed by atoms with Crippen LogP contribution in [0.4, 0.5) is 35.4 Å². The van der Waals surface area contributed by atoms with E-state index in [1.165, 1.54) is 6.07 Å². The number of carbonyl (C=O) groups is 3. The summed E-state index contributed by atoms with van der Waals surface area (Å²) in [7, 11) is 2.07. The van der Waals surface area contributed by atoms with Crippen molar-refractivity contribution in [1.82, 2.24) is 9.80 Å². The van der Waals surface area contributed by atoms with Gasteiger partial charge in [0.05, 0.1) is 11.4 Å². The van der Waals surface area contributed by atoms with Crippen molar-refractivity contribution >= 4 is 35.1 Å². The van der Waals surface area contributed by atoms with E-state index in [1.54, 1.807) is 74.2 Å². The van der Waals surface area contributed by atoms with Crippen molar-refractivity contribution in [3.63, 3.8) is 0 Å². The standard InChI is InChI=1S/C33H39F2N5O4/c1-33(2,3)44-32(43)38-29-10-6-5-9-28(29)37-30(41)23-13-11-22(12-14-23)21-40(19-17-25-8-7-18-39(25)4)31(42)36-24-15-16-26(34)27(35)20-24/h5-6,9-16,20,25H,7-8,17-19,21H2,1-4H3,(H,36,42)(H,37,41)(H,38,43). The molecule has 1 saturated heterocycles. The van der Waals surface area contributed by atoms with Crippen LogP contribution >= 0.6 is 0 Å². The minimum atomic E-state index is -1.04. The lowest BCUT2D eigenvalue weighted by molar-refractivity contribution is 0.0635. The molecular weight excluding hydrogens is 568 g/mol. The van der Waals surface area contributed by atoms with E-state index in [-0.39, 0.29) is 18.1 Å². The highest BCUT2D eigenvalue weighted by molar-refractivity contribution is 6.06. The highest BCUT2D eigenvalue weighted by Gasteiger charge is 2.24. The Morgan fingerprint density at radius 1 is 0.932 bits per heavy atom. The Labute approximate surface area is 256 Å². The van der Waals surface area contributed by atoms with Gasteiger partial charge in [-0.3, -0.25) is 10.1 Å². The molecule has 0 spiro atoms. The number of para-hydroxylation sites is 2. The Bertz CT molecular complexity index is 1480. The van der Waals surface area contributed by atoms with E-state index >= 15 is 0 Å². The van der Waals surface area contributed by atoms with Crippen molar-refractivity contribution < 1.29 is 27.9 Å². The Morgan fingerprint density at radius 3 is 2.23 bits per heavy atom. The summed E-state index contributed by atoms with van der Waals surface area (Å²) in [4.78, 5) is 42.5.